The van der Waals surface area contributed by atoms with Gasteiger partial charge in [-0.25, -0.2) is 8.42 Å². The highest BCUT2D eigenvalue weighted by molar-refractivity contribution is 7.89. The van der Waals surface area contributed by atoms with Crippen molar-refractivity contribution in [3.05, 3.63) is 29.8 Å². The summed E-state index contributed by atoms with van der Waals surface area (Å²) in [4.78, 5) is 18.4. The monoisotopic (exact) mass is 476 g/mol. The topological polar surface area (TPSA) is 73.0 Å². The molecule has 0 atom stereocenters. The van der Waals surface area contributed by atoms with Gasteiger partial charge in [0.25, 0.3) is 0 Å². The molecule has 0 bridgehead atoms. The van der Waals surface area contributed by atoms with E-state index in [4.69, 9.17) is 0 Å². The number of nitrogens with one attached hydrogen (secondary N) is 1. The molecule has 8 heteroatoms. The van der Waals surface area contributed by atoms with Crippen LogP contribution in [0, 0.1) is 0 Å². The number of nitrogens with zero attached hydrogens (tertiary/aromatic N) is 3. The Morgan fingerprint density at radius 2 is 1.67 bits per heavy atom. The van der Waals surface area contributed by atoms with Gasteiger partial charge in [-0.05, 0) is 44.4 Å². The van der Waals surface area contributed by atoms with Gasteiger partial charge in [0.05, 0.1) is 11.4 Å². The summed E-state index contributed by atoms with van der Waals surface area (Å²) in [6, 6.07) is 6.57. The van der Waals surface area contributed by atoms with Crippen LogP contribution >= 0.6 is 0 Å². The summed E-state index contributed by atoms with van der Waals surface area (Å²) in [7, 11) is -3.51. The molecular weight excluding hydrogens is 436 g/mol. The molecule has 0 aromatic heterocycles. The highest BCUT2D eigenvalue weighted by Gasteiger charge is 2.39. The van der Waals surface area contributed by atoms with E-state index in [1.54, 1.807) is 24.3 Å². The van der Waals surface area contributed by atoms with Gasteiger partial charge < -0.3 is 10.2 Å². The lowest BCUT2D eigenvalue weighted by Gasteiger charge is -2.50. The third-order valence-electron chi connectivity index (χ3n) is 7.87. The fourth-order valence-corrected chi connectivity index (χ4v) is 7.33. The zero-order chi connectivity index (χ0) is 23.3. The van der Waals surface area contributed by atoms with Gasteiger partial charge >= 0.3 is 0 Å². The molecule has 1 aromatic carbocycles. The fraction of sp³-hybridized carbons (Fsp3) is 0.720. The second-order valence-corrected chi connectivity index (χ2v) is 11.8. The number of sulfonamides is 1. The maximum Gasteiger partial charge on any atom is 0.243 e. The molecule has 0 spiro atoms. The molecule has 1 aliphatic carbocycles. The highest BCUT2D eigenvalue weighted by Crippen LogP contribution is 2.34. The minimum Gasteiger partial charge on any atom is -0.308 e. The van der Waals surface area contributed by atoms with Crippen LogP contribution in [0.4, 0.5) is 0 Å². The van der Waals surface area contributed by atoms with E-state index in [9.17, 15) is 13.2 Å². The van der Waals surface area contributed by atoms with Crippen molar-refractivity contribution in [1.82, 2.24) is 19.4 Å². The van der Waals surface area contributed by atoms with Crippen LogP contribution in [0.25, 0.3) is 0 Å². The molecule has 33 heavy (non-hydrogen) atoms. The van der Waals surface area contributed by atoms with Gasteiger partial charge in [0.15, 0.2) is 5.78 Å². The number of carbonyl (C=O) groups is 1. The van der Waals surface area contributed by atoms with Crippen LogP contribution in [0.1, 0.15) is 62.2 Å². The van der Waals surface area contributed by atoms with Crippen LogP contribution in [0.5, 0.6) is 0 Å². The number of hydrogen-bond donors (Lipinski definition) is 1. The quantitative estimate of drug-likeness (QED) is 0.553. The molecule has 1 saturated carbocycles. The Morgan fingerprint density at radius 3 is 2.33 bits per heavy atom. The van der Waals surface area contributed by atoms with Crippen LogP contribution in [-0.2, 0) is 10.0 Å². The molecule has 184 valence electrons. The number of hydrogen-bond acceptors (Lipinski definition) is 6. The van der Waals surface area contributed by atoms with Crippen molar-refractivity contribution in [1.29, 1.82) is 0 Å². The lowest BCUT2D eigenvalue weighted by molar-refractivity contribution is 0.00929. The maximum atomic E-state index is 13.0. The lowest BCUT2D eigenvalue weighted by atomic mass is 9.79. The molecule has 1 aromatic rings. The van der Waals surface area contributed by atoms with Crippen molar-refractivity contribution in [3.8, 4) is 0 Å². The minimum absolute atomic E-state index is 0.0461. The summed E-state index contributed by atoms with van der Waals surface area (Å²) < 4.78 is 27.3. The summed E-state index contributed by atoms with van der Waals surface area (Å²) in [6.07, 6.45) is 7.97. The lowest BCUT2D eigenvalue weighted by Crippen LogP contribution is -2.61. The molecule has 0 radical (unpaired) electrons. The average molecular weight is 477 g/mol. The Hall–Kier alpha value is -1.32. The zero-order valence-electron chi connectivity index (χ0n) is 20.1. The maximum absolute atomic E-state index is 13.0. The SMILES string of the molecule is CCN1CCN(C2(CNCC(=O)c3cccc(S(=O)(=O)N4CCCC4)c3)CCCCC2)CC1. The van der Waals surface area contributed by atoms with E-state index in [2.05, 4.69) is 22.0 Å². The number of carbonyl (C=O) groups excluding carboxylic acids is 1. The van der Waals surface area contributed by atoms with E-state index in [0.29, 0.717) is 18.7 Å². The van der Waals surface area contributed by atoms with E-state index in [1.165, 1.54) is 36.4 Å². The van der Waals surface area contributed by atoms with Crippen LogP contribution in [0.2, 0.25) is 0 Å². The first-order valence-corrected chi connectivity index (χ1v) is 14.2. The van der Waals surface area contributed by atoms with Crippen molar-refractivity contribution in [2.75, 3.05) is 58.9 Å². The van der Waals surface area contributed by atoms with Gasteiger partial charge in [-0.3, -0.25) is 9.69 Å². The summed E-state index contributed by atoms with van der Waals surface area (Å²) in [6.45, 7) is 9.96. The fourth-order valence-electron chi connectivity index (χ4n) is 5.77. The average Bonchev–Trinajstić information content (AvgIpc) is 3.41. The van der Waals surface area contributed by atoms with Crippen molar-refractivity contribution >= 4 is 15.8 Å². The molecule has 2 saturated heterocycles. The van der Waals surface area contributed by atoms with Crippen molar-refractivity contribution in [2.24, 2.45) is 0 Å². The Balaban J connectivity index is 1.37. The van der Waals surface area contributed by atoms with Crippen molar-refractivity contribution in [2.45, 2.75) is 62.3 Å². The van der Waals surface area contributed by atoms with E-state index in [0.717, 1.165) is 52.1 Å². The normalized spacial score (nSPS) is 23.1. The van der Waals surface area contributed by atoms with E-state index >= 15 is 0 Å². The summed E-state index contributed by atoms with van der Waals surface area (Å²) in [5.41, 5.74) is 0.608. The Labute approximate surface area is 199 Å². The number of rotatable bonds is 9. The van der Waals surface area contributed by atoms with Gasteiger partial charge in [0.2, 0.25) is 10.0 Å². The van der Waals surface area contributed by atoms with E-state index in [-0.39, 0.29) is 22.8 Å². The number of benzene rings is 1. The molecular formula is C25H40N4O3S. The number of piperazine rings is 1. The molecule has 2 aliphatic heterocycles. The smallest absolute Gasteiger partial charge is 0.243 e. The standard InChI is InChI=1S/C25H40N4O3S/c1-2-27-15-17-28(18-16-27)25(11-4-3-5-12-25)21-26-20-24(30)22-9-8-10-23(19-22)33(31,32)29-13-6-7-14-29/h8-10,19,26H,2-7,11-18,20-21H2,1H3. The molecule has 0 unspecified atom stereocenters. The van der Waals surface area contributed by atoms with E-state index < -0.39 is 10.0 Å². The number of likely N-dealkylation sites (N-methyl/N-ethyl adjacent to an activating group) is 1. The minimum atomic E-state index is -3.51. The summed E-state index contributed by atoms with van der Waals surface area (Å²) in [5.74, 6) is -0.0461. The Morgan fingerprint density at radius 1 is 0.970 bits per heavy atom. The molecule has 2 heterocycles. The predicted molar refractivity (Wildman–Crippen MR) is 131 cm³/mol. The van der Waals surface area contributed by atoms with E-state index in [1.807, 2.05) is 0 Å². The second-order valence-electron chi connectivity index (χ2n) is 9.87. The Kier molecular flexibility index (Phi) is 8.23. The third kappa shape index (κ3) is 5.68. The zero-order valence-corrected chi connectivity index (χ0v) is 20.9. The third-order valence-corrected chi connectivity index (χ3v) is 9.77. The van der Waals surface area contributed by atoms with Gasteiger partial charge in [-0.15, -0.1) is 0 Å². The highest BCUT2D eigenvalue weighted by atomic mass is 32.2. The number of ketones is 1. The van der Waals surface area contributed by atoms with Gasteiger partial charge in [0, 0.05) is 56.9 Å². The second kappa shape index (κ2) is 11.0. The largest absolute Gasteiger partial charge is 0.308 e. The van der Waals surface area contributed by atoms with Gasteiger partial charge in [-0.2, -0.15) is 4.31 Å². The first-order valence-electron chi connectivity index (χ1n) is 12.8. The van der Waals surface area contributed by atoms with Crippen LogP contribution in [0.15, 0.2) is 29.2 Å². The number of Topliss-reactive ketones (excluding diaryl/α,β-unsaturated/α-hetero) is 1. The molecule has 7 nitrogen and oxygen atoms in total. The molecule has 3 fully saturated rings. The first-order chi connectivity index (χ1) is 15.9. The van der Waals surface area contributed by atoms with Crippen molar-refractivity contribution in [3.63, 3.8) is 0 Å². The van der Waals surface area contributed by atoms with Crippen molar-refractivity contribution < 1.29 is 13.2 Å². The summed E-state index contributed by atoms with van der Waals surface area (Å²) in [5, 5.41) is 3.47. The Bertz CT molecular complexity index is 900. The molecule has 4 rings (SSSR count). The van der Waals surface area contributed by atoms with Crippen LogP contribution in [0.3, 0.4) is 0 Å². The first kappa shape index (κ1) is 24.8. The van der Waals surface area contributed by atoms with Gasteiger partial charge in [0.1, 0.15) is 0 Å². The van der Waals surface area contributed by atoms with Crippen LogP contribution in [-0.4, -0.2) is 92.7 Å². The molecule has 3 aliphatic rings. The molecule has 1 N–H and O–H groups in total. The predicted octanol–water partition coefficient (Wildman–Crippen LogP) is 2.58. The summed E-state index contributed by atoms with van der Waals surface area (Å²) >= 11 is 0. The van der Waals surface area contributed by atoms with Crippen LogP contribution < -0.4 is 5.32 Å². The van der Waals surface area contributed by atoms with Gasteiger partial charge in [-0.1, -0.05) is 38.3 Å². The molecule has 0 amide bonds.